The normalized spacial score (nSPS) is 11.0. The lowest BCUT2D eigenvalue weighted by atomic mass is 9.97. The van der Waals surface area contributed by atoms with Crippen LogP contribution in [-0.2, 0) is 7.05 Å². The Morgan fingerprint density at radius 3 is 2.40 bits per heavy atom. The minimum Gasteiger partial charge on any atom is -0.264 e. The molecule has 25 heavy (non-hydrogen) atoms. The third kappa shape index (κ3) is 2.70. The molecular weight excluding hydrogens is 304 g/mol. The molecule has 2 aromatic heterocycles. The van der Waals surface area contributed by atoms with E-state index >= 15 is 0 Å². The maximum absolute atomic E-state index is 4.35. The van der Waals surface area contributed by atoms with Gasteiger partial charge in [-0.05, 0) is 47.2 Å². The summed E-state index contributed by atoms with van der Waals surface area (Å²) in [6.45, 7) is 4.30. The van der Waals surface area contributed by atoms with Gasteiger partial charge in [0.15, 0.2) is 5.69 Å². The summed E-state index contributed by atoms with van der Waals surface area (Å²) < 4.78 is 2.26. The maximum Gasteiger partial charge on any atom is 0.222 e. The Hall–Kier alpha value is -3.00. The van der Waals surface area contributed by atoms with Crippen LogP contribution in [0, 0.1) is 13.8 Å². The largest absolute Gasteiger partial charge is 0.264 e. The second-order valence-corrected chi connectivity index (χ2v) is 6.55. The van der Waals surface area contributed by atoms with E-state index in [2.05, 4.69) is 91.1 Å². The smallest absolute Gasteiger partial charge is 0.222 e. The summed E-state index contributed by atoms with van der Waals surface area (Å²) in [6.07, 6.45) is 3.82. The summed E-state index contributed by atoms with van der Waals surface area (Å²) in [4.78, 5) is 4.35. The Morgan fingerprint density at radius 1 is 0.840 bits per heavy atom. The van der Waals surface area contributed by atoms with Crippen molar-refractivity contribution < 1.29 is 4.57 Å². The van der Waals surface area contributed by atoms with E-state index in [1.165, 1.54) is 44.4 Å². The first kappa shape index (κ1) is 15.5. The maximum atomic E-state index is 4.35. The van der Waals surface area contributed by atoms with Crippen molar-refractivity contribution in [2.24, 2.45) is 7.05 Å². The SMILES string of the molecule is Cc1ccncc1-c1c2ccc(-c3ccccc3)cc2cc(C)[n+]1C. The van der Waals surface area contributed by atoms with Crippen molar-refractivity contribution in [3.8, 4) is 22.4 Å². The third-order valence-electron chi connectivity index (χ3n) is 4.94. The van der Waals surface area contributed by atoms with Gasteiger partial charge in [-0.2, -0.15) is 4.57 Å². The molecule has 2 nitrogen and oxygen atoms in total. The fraction of sp³-hybridized carbons (Fsp3) is 0.130. The number of pyridine rings is 2. The molecule has 2 heterocycles. The zero-order valence-electron chi connectivity index (χ0n) is 14.8. The summed E-state index contributed by atoms with van der Waals surface area (Å²) in [7, 11) is 2.13. The molecule has 0 bridgehead atoms. The number of hydrogen-bond donors (Lipinski definition) is 0. The third-order valence-corrected chi connectivity index (χ3v) is 4.94. The van der Waals surface area contributed by atoms with Gasteiger partial charge in [0.05, 0.1) is 10.9 Å². The number of benzene rings is 2. The summed E-state index contributed by atoms with van der Waals surface area (Å²) in [6, 6.07) is 21.6. The van der Waals surface area contributed by atoms with Gasteiger partial charge in [0, 0.05) is 25.4 Å². The summed E-state index contributed by atoms with van der Waals surface area (Å²) in [5, 5.41) is 2.51. The Labute approximate surface area is 148 Å². The van der Waals surface area contributed by atoms with Crippen molar-refractivity contribution in [2.45, 2.75) is 13.8 Å². The van der Waals surface area contributed by atoms with Gasteiger partial charge in [-0.3, -0.25) is 4.98 Å². The van der Waals surface area contributed by atoms with Gasteiger partial charge in [-0.1, -0.05) is 36.4 Å². The number of fused-ring (bicyclic) bond motifs is 1. The molecular formula is C23H21N2+. The van der Waals surface area contributed by atoms with Gasteiger partial charge in [-0.15, -0.1) is 0 Å². The van der Waals surface area contributed by atoms with Gasteiger partial charge in [-0.25, -0.2) is 0 Å². The second-order valence-electron chi connectivity index (χ2n) is 6.55. The van der Waals surface area contributed by atoms with Gasteiger partial charge in [0.1, 0.15) is 7.05 Å². The molecule has 0 fully saturated rings. The van der Waals surface area contributed by atoms with Crippen LogP contribution < -0.4 is 4.57 Å². The minimum atomic E-state index is 1.19. The van der Waals surface area contributed by atoms with E-state index in [9.17, 15) is 0 Å². The monoisotopic (exact) mass is 325 g/mol. The van der Waals surface area contributed by atoms with Crippen molar-refractivity contribution in [1.82, 2.24) is 4.98 Å². The molecule has 4 rings (SSSR count). The highest BCUT2D eigenvalue weighted by molar-refractivity contribution is 5.96. The van der Waals surface area contributed by atoms with Crippen LogP contribution in [0.2, 0.25) is 0 Å². The molecule has 2 aromatic carbocycles. The van der Waals surface area contributed by atoms with E-state index in [0.29, 0.717) is 0 Å². The van der Waals surface area contributed by atoms with Crippen LogP contribution >= 0.6 is 0 Å². The van der Waals surface area contributed by atoms with Crippen molar-refractivity contribution in [3.05, 3.63) is 84.3 Å². The lowest BCUT2D eigenvalue weighted by Gasteiger charge is -2.11. The molecule has 0 radical (unpaired) electrons. The Balaban J connectivity index is 2.01. The number of nitrogens with zero attached hydrogens (tertiary/aromatic N) is 2. The number of hydrogen-bond acceptors (Lipinski definition) is 1. The standard InChI is InChI=1S/C23H21N2/c1-16-11-12-24-15-22(16)23-21-10-9-19(18-7-5-4-6-8-18)14-20(21)13-17(2)25(23)3/h4-15H,1-3H3/q+1. The lowest BCUT2D eigenvalue weighted by molar-refractivity contribution is -0.665. The van der Waals surface area contributed by atoms with E-state index in [1.807, 2.05) is 12.4 Å². The van der Waals surface area contributed by atoms with E-state index in [1.54, 1.807) is 0 Å². The molecule has 0 aliphatic rings. The zero-order chi connectivity index (χ0) is 17.4. The topological polar surface area (TPSA) is 16.8 Å². The van der Waals surface area contributed by atoms with Gasteiger partial charge in [0.2, 0.25) is 5.69 Å². The van der Waals surface area contributed by atoms with Crippen LogP contribution in [0.15, 0.2) is 73.1 Å². The molecule has 2 heteroatoms. The highest BCUT2D eigenvalue weighted by atomic mass is 14.9. The molecule has 0 saturated carbocycles. The quantitative estimate of drug-likeness (QED) is 0.473. The molecule has 0 atom stereocenters. The van der Waals surface area contributed by atoms with Crippen LogP contribution in [0.4, 0.5) is 0 Å². The lowest BCUT2D eigenvalue weighted by Crippen LogP contribution is -2.35. The summed E-state index contributed by atoms with van der Waals surface area (Å²) in [5.41, 5.74) is 7.37. The first-order valence-electron chi connectivity index (χ1n) is 8.55. The molecule has 122 valence electrons. The Morgan fingerprint density at radius 2 is 1.64 bits per heavy atom. The summed E-state index contributed by atoms with van der Waals surface area (Å²) >= 11 is 0. The van der Waals surface area contributed by atoms with Gasteiger partial charge in [0.25, 0.3) is 0 Å². The van der Waals surface area contributed by atoms with Crippen molar-refractivity contribution in [1.29, 1.82) is 0 Å². The number of rotatable bonds is 2. The number of aryl methyl sites for hydroxylation is 2. The molecule has 0 spiro atoms. The minimum absolute atomic E-state index is 1.19. The van der Waals surface area contributed by atoms with Crippen molar-refractivity contribution >= 4 is 10.8 Å². The highest BCUT2D eigenvalue weighted by Gasteiger charge is 2.19. The molecule has 0 saturated heterocycles. The van der Waals surface area contributed by atoms with E-state index in [4.69, 9.17) is 0 Å². The van der Waals surface area contributed by atoms with E-state index in [-0.39, 0.29) is 0 Å². The Kier molecular flexibility index (Phi) is 3.81. The molecule has 4 aromatic rings. The fourth-order valence-electron chi connectivity index (χ4n) is 3.42. The molecule has 0 N–H and O–H groups in total. The average Bonchev–Trinajstić information content (AvgIpc) is 2.64. The molecule has 0 aliphatic carbocycles. The van der Waals surface area contributed by atoms with Crippen LogP contribution in [0.1, 0.15) is 11.3 Å². The van der Waals surface area contributed by atoms with Crippen LogP contribution in [0.25, 0.3) is 33.2 Å². The molecule has 0 amide bonds. The molecule has 0 unspecified atom stereocenters. The zero-order valence-corrected chi connectivity index (χ0v) is 14.8. The van der Waals surface area contributed by atoms with Crippen LogP contribution in [0.3, 0.4) is 0 Å². The first-order valence-corrected chi connectivity index (χ1v) is 8.55. The highest BCUT2D eigenvalue weighted by Crippen LogP contribution is 2.31. The number of aromatic nitrogens is 2. The van der Waals surface area contributed by atoms with Crippen LogP contribution in [0.5, 0.6) is 0 Å². The van der Waals surface area contributed by atoms with Crippen molar-refractivity contribution in [2.75, 3.05) is 0 Å². The first-order chi connectivity index (χ1) is 12.1. The Bertz CT molecular complexity index is 1070. The van der Waals surface area contributed by atoms with Crippen molar-refractivity contribution in [3.63, 3.8) is 0 Å². The second kappa shape index (κ2) is 6.14. The van der Waals surface area contributed by atoms with Gasteiger partial charge < -0.3 is 0 Å². The fourth-order valence-corrected chi connectivity index (χ4v) is 3.42. The average molecular weight is 325 g/mol. The van der Waals surface area contributed by atoms with E-state index < -0.39 is 0 Å². The van der Waals surface area contributed by atoms with E-state index in [0.717, 1.165) is 0 Å². The predicted molar refractivity (Wildman–Crippen MR) is 103 cm³/mol. The predicted octanol–water partition coefficient (Wildman–Crippen LogP) is 5.01. The van der Waals surface area contributed by atoms with Crippen LogP contribution in [-0.4, -0.2) is 4.98 Å². The van der Waals surface area contributed by atoms with Gasteiger partial charge >= 0.3 is 0 Å². The molecule has 0 aliphatic heterocycles. The summed E-state index contributed by atoms with van der Waals surface area (Å²) in [5.74, 6) is 0.